The largest absolute Gasteiger partial charge is 0.350 e. The zero-order valence-electron chi connectivity index (χ0n) is 11.5. The van der Waals surface area contributed by atoms with Crippen LogP contribution in [0.3, 0.4) is 0 Å². The van der Waals surface area contributed by atoms with E-state index in [1.807, 2.05) is 0 Å². The van der Waals surface area contributed by atoms with Crippen LogP contribution in [0.5, 0.6) is 0 Å². The first-order valence-corrected chi connectivity index (χ1v) is 6.58. The van der Waals surface area contributed by atoms with Crippen LogP contribution in [-0.2, 0) is 11.3 Å². The zero-order valence-corrected chi connectivity index (χ0v) is 12.2. The summed E-state index contributed by atoms with van der Waals surface area (Å²) in [5, 5.41) is 2.21. The number of benzene rings is 1. The van der Waals surface area contributed by atoms with Crippen molar-refractivity contribution in [1.82, 2.24) is 15.1 Å². The van der Waals surface area contributed by atoms with E-state index in [1.165, 1.54) is 22.9 Å². The molecule has 3 amide bonds. The third kappa shape index (κ3) is 2.92. The molecule has 1 saturated heterocycles. The van der Waals surface area contributed by atoms with Gasteiger partial charge >= 0.3 is 6.03 Å². The number of carbonyl (C=O) groups excluding carboxylic acids is 2. The van der Waals surface area contributed by atoms with Gasteiger partial charge in [0.1, 0.15) is 6.04 Å². The number of carbonyl (C=O) groups is 2. The Labute approximate surface area is 125 Å². The molecule has 0 radical (unpaired) electrons. The van der Waals surface area contributed by atoms with Gasteiger partial charge in [0.25, 0.3) is 0 Å². The highest BCUT2D eigenvalue weighted by atomic mass is 35.5. The minimum absolute atomic E-state index is 0.0445. The Balaban J connectivity index is 2.02. The summed E-state index contributed by atoms with van der Waals surface area (Å²) in [4.78, 5) is 26.4. The first kappa shape index (κ1) is 15.5. The van der Waals surface area contributed by atoms with Gasteiger partial charge in [-0.25, -0.2) is 13.6 Å². The Morgan fingerprint density at radius 3 is 2.67 bits per heavy atom. The molecule has 0 aliphatic carbocycles. The fourth-order valence-corrected chi connectivity index (χ4v) is 2.34. The van der Waals surface area contributed by atoms with Gasteiger partial charge in [-0.05, 0) is 11.6 Å². The molecule has 0 bridgehead atoms. The standard InChI is InChI=1S/C13H14ClF2N3O2/c1-18-6-9(19(2)13(18)21)12(20)17-5-7-3-4-8(15)11(16)10(7)14/h3-4,9H,5-6H2,1-2H3,(H,17,20)/t9-/m0/s1. The lowest BCUT2D eigenvalue weighted by Crippen LogP contribution is -2.43. The minimum Gasteiger partial charge on any atom is -0.350 e. The summed E-state index contributed by atoms with van der Waals surface area (Å²) in [5.41, 5.74) is 0.268. The third-order valence-corrected chi connectivity index (χ3v) is 3.82. The number of halogens is 3. The Bertz CT molecular complexity index is 597. The fraction of sp³-hybridized carbons (Fsp3) is 0.385. The molecule has 0 saturated carbocycles. The zero-order chi connectivity index (χ0) is 15.7. The van der Waals surface area contributed by atoms with Gasteiger partial charge in [-0.3, -0.25) is 4.79 Å². The second-order valence-corrected chi connectivity index (χ2v) is 5.22. The lowest BCUT2D eigenvalue weighted by molar-refractivity contribution is -0.124. The molecule has 2 rings (SSSR count). The first-order valence-electron chi connectivity index (χ1n) is 6.21. The van der Waals surface area contributed by atoms with Crippen LogP contribution in [0.2, 0.25) is 5.02 Å². The summed E-state index contributed by atoms with van der Waals surface area (Å²) in [6.45, 7) is 0.226. The Hall–Kier alpha value is -1.89. The molecule has 1 N–H and O–H groups in total. The molecule has 114 valence electrons. The molecule has 1 atom stereocenters. The van der Waals surface area contributed by atoms with Crippen LogP contribution >= 0.6 is 11.6 Å². The summed E-state index contributed by atoms with van der Waals surface area (Å²) in [6.07, 6.45) is 0. The van der Waals surface area contributed by atoms with E-state index >= 15 is 0 Å². The molecule has 1 fully saturated rings. The summed E-state index contributed by atoms with van der Waals surface area (Å²) in [7, 11) is 3.12. The smallest absolute Gasteiger partial charge is 0.320 e. The van der Waals surface area contributed by atoms with Gasteiger partial charge < -0.3 is 15.1 Å². The van der Waals surface area contributed by atoms with Crippen LogP contribution in [0.15, 0.2) is 12.1 Å². The minimum atomic E-state index is -1.14. The molecule has 1 heterocycles. The summed E-state index contributed by atoms with van der Waals surface area (Å²) < 4.78 is 26.2. The maximum Gasteiger partial charge on any atom is 0.320 e. The highest BCUT2D eigenvalue weighted by Crippen LogP contribution is 2.22. The fourth-order valence-electron chi connectivity index (χ4n) is 2.12. The van der Waals surface area contributed by atoms with Crippen LogP contribution in [0, 0.1) is 11.6 Å². The second kappa shape index (κ2) is 5.85. The summed E-state index contributed by atoms with van der Waals surface area (Å²) >= 11 is 5.68. The quantitative estimate of drug-likeness (QED) is 0.861. The van der Waals surface area contributed by atoms with Crippen molar-refractivity contribution in [2.24, 2.45) is 0 Å². The number of urea groups is 1. The molecule has 5 nitrogen and oxygen atoms in total. The van der Waals surface area contributed by atoms with Gasteiger partial charge in [0.2, 0.25) is 5.91 Å². The predicted octanol–water partition coefficient (Wildman–Crippen LogP) is 1.60. The molecular formula is C13H14ClF2N3O2. The van der Waals surface area contributed by atoms with Crippen LogP contribution in [0.4, 0.5) is 13.6 Å². The highest BCUT2D eigenvalue weighted by Gasteiger charge is 2.36. The molecule has 1 aromatic carbocycles. The number of rotatable bonds is 3. The van der Waals surface area contributed by atoms with E-state index in [4.69, 9.17) is 11.6 Å². The molecule has 0 aromatic heterocycles. The number of nitrogens with zero attached hydrogens (tertiary/aromatic N) is 2. The van der Waals surface area contributed by atoms with Crippen molar-refractivity contribution in [2.75, 3.05) is 20.6 Å². The van der Waals surface area contributed by atoms with Crippen molar-refractivity contribution in [3.63, 3.8) is 0 Å². The van der Waals surface area contributed by atoms with Gasteiger partial charge in [0, 0.05) is 20.6 Å². The van der Waals surface area contributed by atoms with E-state index < -0.39 is 17.7 Å². The van der Waals surface area contributed by atoms with Crippen LogP contribution in [0.1, 0.15) is 5.56 Å². The highest BCUT2D eigenvalue weighted by molar-refractivity contribution is 6.31. The second-order valence-electron chi connectivity index (χ2n) is 4.84. The maximum atomic E-state index is 13.3. The van der Waals surface area contributed by atoms with Crippen molar-refractivity contribution in [3.05, 3.63) is 34.4 Å². The molecule has 1 aliphatic heterocycles. The molecule has 1 aliphatic rings. The predicted molar refractivity (Wildman–Crippen MR) is 72.8 cm³/mol. The number of likely N-dealkylation sites (N-methyl/N-ethyl adjacent to an activating group) is 2. The van der Waals surface area contributed by atoms with Crippen molar-refractivity contribution < 1.29 is 18.4 Å². The SMILES string of the molecule is CN1C[C@@H](C(=O)NCc2ccc(F)c(F)c2Cl)N(C)C1=O. The van der Waals surface area contributed by atoms with E-state index in [0.29, 0.717) is 0 Å². The summed E-state index contributed by atoms with van der Waals surface area (Å²) in [6, 6.07) is 1.38. The topological polar surface area (TPSA) is 52.7 Å². The van der Waals surface area contributed by atoms with Crippen molar-refractivity contribution in [1.29, 1.82) is 0 Å². The van der Waals surface area contributed by atoms with Crippen LogP contribution < -0.4 is 5.32 Å². The van der Waals surface area contributed by atoms with Crippen molar-refractivity contribution in [3.8, 4) is 0 Å². The normalized spacial score (nSPS) is 18.3. The molecular weight excluding hydrogens is 304 g/mol. The average Bonchev–Trinajstić information content (AvgIpc) is 2.71. The number of hydrogen-bond donors (Lipinski definition) is 1. The van der Waals surface area contributed by atoms with E-state index in [-0.39, 0.29) is 35.6 Å². The molecule has 8 heteroatoms. The number of nitrogens with one attached hydrogen (secondary N) is 1. The maximum absolute atomic E-state index is 13.3. The van der Waals surface area contributed by atoms with Gasteiger partial charge in [0.05, 0.1) is 11.6 Å². The van der Waals surface area contributed by atoms with Gasteiger partial charge in [-0.2, -0.15) is 0 Å². The third-order valence-electron chi connectivity index (χ3n) is 3.41. The number of amides is 3. The first-order chi connectivity index (χ1) is 9.82. The van der Waals surface area contributed by atoms with Gasteiger partial charge in [-0.1, -0.05) is 17.7 Å². The number of hydrogen-bond acceptors (Lipinski definition) is 2. The average molecular weight is 318 g/mol. The van der Waals surface area contributed by atoms with E-state index in [1.54, 1.807) is 7.05 Å². The molecule has 1 aromatic rings. The van der Waals surface area contributed by atoms with Gasteiger partial charge in [-0.15, -0.1) is 0 Å². The molecule has 0 spiro atoms. The van der Waals surface area contributed by atoms with Gasteiger partial charge in [0.15, 0.2) is 11.6 Å². The van der Waals surface area contributed by atoms with Crippen molar-refractivity contribution in [2.45, 2.75) is 12.6 Å². The Kier molecular flexibility index (Phi) is 4.32. The van der Waals surface area contributed by atoms with E-state index in [2.05, 4.69) is 5.32 Å². The monoisotopic (exact) mass is 317 g/mol. The Morgan fingerprint density at radius 2 is 2.10 bits per heavy atom. The van der Waals surface area contributed by atoms with Crippen LogP contribution in [0.25, 0.3) is 0 Å². The summed E-state index contributed by atoms with van der Waals surface area (Å²) in [5.74, 6) is -2.56. The van der Waals surface area contributed by atoms with E-state index in [9.17, 15) is 18.4 Å². The molecule has 0 unspecified atom stereocenters. The molecule has 21 heavy (non-hydrogen) atoms. The Morgan fingerprint density at radius 1 is 1.43 bits per heavy atom. The lowest BCUT2D eigenvalue weighted by atomic mass is 10.2. The van der Waals surface area contributed by atoms with Crippen LogP contribution in [-0.4, -0.2) is 48.4 Å². The van der Waals surface area contributed by atoms with E-state index in [0.717, 1.165) is 6.07 Å². The lowest BCUT2D eigenvalue weighted by Gasteiger charge is -2.17. The van der Waals surface area contributed by atoms with Crippen molar-refractivity contribution >= 4 is 23.5 Å².